The molecular formula is C21H19N5O2. The minimum atomic E-state index is -1.04. The van der Waals surface area contributed by atoms with Gasteiger partial charge in [0.15, 0.2) is 0 Å². The molecule has 140 valence electrons. The summed E-state index contributed by atoms with van der Waals surface area (Å²) in [5, 5.41) is 14.2. The number of aromatic carboxylic acids is 1. The molecule has 0 unspecified atom stereocenters. The summed E-state index contributed by atoms with van der Waals surface area (Å²) < 4.78 is 1.39. The molecule has 0 spiro atoms. The zero-order chi connectivity index (χ0) is 19.7. The standard InChI is InChI=1S/C21H19N5O2/c1-3-25(2)19-17-11-15(14-7-5-4-6-8-14)9-10-18(17)23-21(24-19)26-13-16(12-22-26)20(27)28/h4-13H,3H2,1-2H3,(H,27,28). The van der Waals surface area contributed by atoms with Crippen molar-refractivity contribution in [3.05, 3.63) is 66.5 Å². The van der Waals surface area contributed by atoms with Gasteiger partial charge in [-0.1, -0.05) is 36.4 Å². The van der Waals surface area contributed by atoms with Crippen molar-refractivity contribution in [3.63, 3.8) is 0 Å². The van der Waals surface area contributed by atoms with Crippen LogP contribution in [0.1, 0.15) is 17.3 Å². The van der Waals surface area contributed by atoms with Crippen LogP contribution in [0.25, 0.3) is 28.0 Å². The van der Waals surface area contributed by atoms with Crippen LogP contribution in [-0.2, 0) is 0 Å². The van der Waals surface area contributed by atoms with E-state index in [1.165, 1.54) is 17.1 Å². The number of carboxylic acids is 1. The highest BCUT2D eigenvalue weighted by Gasteiger charge is 2.15. The van der Waals surface area contributed by atoms with Crippen molar-refractivity contribution in [2.24, 2.45) is 0 Å². The van der Waals surface area contributed by atoms with Gasteiger partial charge in [0.25, 0.3) is 5.95 Å². The molecule has 2 aromatic heterocycles. The van der Waals surface area contributed by atoms with Crippen molar-refractivity contribution < 1.29 is 9.90 Å². The van der Waals surface area contributed by atoms with E-state index in [0.29, 0.717) is 5.95 Å². The SMILES string of the molecule is CCN(C)c1nc(-n2cc(C(=O)O)cn2)nc2ccc(-c3ccccc3)cc12. The number of aromatic nitrogens is 4. The molecule has 0 saturated heterocycles. The van der Waals surface area contributed by atoms with Crippen LogP contribution >= 0.6 is 0 Å². The fourth-order valence-corrected chi connectivity index (χ4v) is 3.00. The number of rotatable bonds is 5. The topological polar surface area (TPSA) is 84.1 Å². The van der Waals surface area contributed by atoms with Crippen LogP contribution in [0, 0.1) is 0 Å². The van der Waals surface area contributed by atoms with Crippen molar-refractivity contribution >= 4 is 22.7 Å². The maximum Gasteiger partial charge on any atom is 0.338 e. The first-order chi connectivity index (χ1) is 13.6. The lowest BCUT2D eigenvalue weighted by Crippen LogP contribution is -2.19. The number of hydrogen-bond donors (Lipinski definition) is 1. The molecule has 7 nitrogen and oxygen atoms in total. The van der Waals surface area contributed by atoms with E-state index in [-0.39, 0.29) is 5.56 Å². The molecule has 0 atom stereocenters. The summed E-state index contributed by atoms with van der Waals surface area (Å²) in [4.78, 5) is 22.5. The Labute approximate surface area is 161 Å². The number of benzene rings is 2. The fourth-order valence-electron chi connectivity index (χ4n) is 3.00. The summed E-state index contributed by atoms with van der Waals surface area (Å²) in [5.74, 6) is 0.0702. The van der Waals surface area contributed by atoms with E-state index in [0.717, 1.165) is 34.4 Å². The zero-order valence-electron chi connectivity index (χ0n) is 15.6. The van der Waals surface area contributed by atoms with Crippen LogP contribution in [0.4, 0.5) is 5.82 Å². The Hall–Kier alpha value is -3.74. The number of carbonyl (C=O) groups is 1. The summed E-state index contributed by atoms with van der Waals surface area (Å²) in [6.07, 6.45) is 2.70. The van der Waals surface area contributed by atoms with Crippen LogP contribution in [-0.4, -0.2) is 44.4 Å². The van der Waals surface area contributed by atoms with Gasteiger partial charge >= 0.3 is 5.97 Å². The van der Waals surface area contributed by atoms with Crippen LogP contribution in [0.5, 0.6) is 0 Å². The summed E-state index contributed by atoms with van der Waals surface area (Å²) in [6.45, 7) is 2.81. The molecule has 0 aliphatic heterocycles. The van der Waals surface area contributed by atoms with E-state index in [9.17, 15) is 4.79 Å². The van der Waals surface area contributed by atoms with Gasteiger partial charge in [0.2, 0.25) is 0 Å². The molecule has 2 heterocycles. The monoisotopic (exact) mass is 373 g/mol. The summed E-state index contributed by atoms with van der Waals surface area (Å²) in [7, 11) is 1.96. The second-order valence-corrected chi connectivity index (χ2v) is 6.44. The van der Waals surface area contributed by atoms with E-state index in [4.69, 9.17) is 5.11 Å². The van der Waals surface area contributed by atoms with Gasteiger partial charge in [-0.25, -0.2) is 14.5 Å². The summed E-state index contributed by atoms with van der Waals surface area (Å²) in [6, 6.07) is 16.2. The molecule has 0 aliphatic carbocycles. The Balaban J connectivity index is 1.89. The third-order valence-corrected chi connectivity index (χ3v) is 4.64. The first-order valence-electron chi connectivity index (χ1n) is 8.93. The van der Waals surface area contributed by atoms with E-state index in [2.05, 4.69) is 33.3 Å². The average molecular weight is 373 g/mol. The normalized spacial score (nSPS) is 10.9. The molecule has 4 aromatic rings. The van der Waals surface area contributed by atoms with Gasteiger partial charge in [-0.3, -0.25) is 0 Å². The third-order valence-electron chi connectivity index (χ3n) is 4.64. The molecule has 28 heavy (non-hydrogen) atoms. The number of nitrogens with zero attached hydrogens (tertiary/aromatic N) is 5. The van der Waals surface area contributed by atoms with E-state index in [1.807, 2.05) is 49.2 Å². The molecule has 0 bridgehead atoms. The minimum absolute atomic E-state index is 0.0912. The van der Waals surface area contributed by atoms with Crippen LogP contribution in [0.15, 0.2) is 60.9 Å². The first-order valence-corrected chi connectivity index (χ1v) is 8.93. The Morgan fingerprint density at radius 2 is 1.89 bits per heavy atom. The maximum atomic E-state index is 11.1. The Morgan fingerprint density at radius 1 is 1.11 bits per heavy atom. The molecule has 0 aliphatic rings. The lowest BCUT2D eigenvalue weighted by molar-refractivity contribution is 0.0697. The van der Waals surface area contributed by atoms with Gasteiger partial charge in [-0.05, 0) is 30.2 Å². The number of carboxylic acid groups (broad SMARTS) is 1. The third kappa shape index (κ3) is 3.18. The van der Waals surface area contributed by atoms with Crippen LogP contribution < -0.4 is 4.90 Å². The number of hydrogen-bond acceptors (Lipinski definition) is 5. The van der Waals surface area contributed by atoms with Crippen molar-refractivity contribution in [3.8, 4) is 17.1 Å². The zero-order valence-corrected chi connectivity index (χ0v) is 15.6. The van der Waals surface area contributed by atoms with E-state index < -0.39 is 5.97 Å². The smallest absolute Gasteiger partial charge is 0.338 e. The fraction of sp³-hybridized carbons (Fsp3) is 0.143. The predicted octanol–water partition coefficient (Wildman–Crippen LogP) is 3.64. The molecule has 1 N–H and O–H groups in total. The second-order valence-electron chi connectivity index (χ2n) is 6.44. The van der Waals surface area contributed by atoms with E-state index in [1.54, 1.807) is 0 Å². The van der Waals surface area contributed by atoms with Gasteiger partial charge in [-0.2, -0.15) is 10.1 Å². The summed E-state index contributed by atoms with van der Waals surface area (Å²) in [5.41, 5.74) is 3.07. The van der Waals surface area contributed by atoms with Gasteiger partial charge in [-0.15, -0.1) is 0 Å². The highest BCUT2D eigenvalue weighted by atomic mass is 16.4. The van der Waals surface area contributed by atoms with Gasteiger partial charge in [0.1, 0.15) is 5.82 Å². The lowest BCUT2D eigenvalue weighted by Gasteiger charge is -2.19. The average Bonchev–Trinajstić information content (AvgIpc) is 3.23. The second kappa shape index (κ2) is 7.11. The predicted molar refractivity (Wildman–Crippen MR) is 108 cm³/mol. The van der Waals surface area contributed by atoms with E-state index >= 15 is 0 Å². The molecule has 7 heteroatoms. The highest BCUT2D eigenvalue weighted by Crippen LogP contribution is 2.29. The van der Waals surface area contributed by atoms with Crippen LogP contribution in [0.3, 0.4) is 0 Å². The molecule has 0 fully saturated rings. The molecule has 0 saturated carbocycles. The molecule has 0 amide bonds. The van der Waals surface area contributed by atoms with Crippen molar-refractivity contribution in [1.29, 1.82) is 0 Å². The van der Waals surface area contributed by atoms with Gasteiger partial charge in [0.05, 0.1) is 17.3 Å². The number of fused-ring (bicyclic) bond motifs is 1. The van der Waals surface area contributed by atoms with Gasteiger partial charge < -0.3 is 10.0 Å². The molecular weight excluding hydrogens is 354 g/mol. The van der Waals surface area contributed by atoms with Gasteiger partial charge in [0, 0.05) is 25.2 Å². The Morgan fingerprint density at radius 3 is 2.57 bits per heavy atom. The Bertz CT molecular complexity index is 1150. The number of anilines is 1. The van der Waals surface area contributed by atoms with Crippen molar-refractivity contribution in [2.75, 3.05) is 18.5 Å². The lowest BCUT2D eigenvalue weighted by atomic mass is 10.0. The van der Waals surface area contributed by atoms with Crippen LogP contribution in [0.2, 0.25) is 0 Å². The quantitative estimate of drug-likeness (QED) is 0.575. The minimum Gasteiger partial charge on any atom is -0.478 e. The highest BCUT2D eigenvalue weighted by molar-refractivity contribution is 5.93. The van der Waals surface area contributed by atoms with Crippen molar-refractivity contribution in [2.45, 2.75) is 6.92 Å². The Kier molecular flexibility index (Phi) is 4.49. The molecule has 2 aromatic carbocycles. The molecule has 0 radical (unpaired) electrons. The van der Waals surface area contributed by atoms with Crippen molar-refractivity contribution in [1.82, 2.24) is 19.7 Å². The first kappa shape index (κ1) is 17.7. The largest absolute Gasteiger partial charge is 0.478 e. The summed E-state index contributed by atoms with van der Waals surface area (Å²) >= 11 is 0. The molecule has 4 rings (SSSR count). The maximum absolute atomic E-state index is 11.1.